The third-order valence-corrected chi connectivity index (χ3v) is 6.44. The summed E-state index contributed by atoms with van der Waals surface area (Å²) in [6.45, 7) is 1.08. The van der Waals surface area contributed by atoms with E-state index >= 15 is 0 Å². The van der Waals surface area contributed by atoms with Crippen molar-refractivity contribution in [3.63, 3.8) is 0 Å². The minimum absolute atomic E-state index is 0.00282. The Morgan fingerprint density at radius 2 is 1.94 bits per heavy atom. The number of thiophene rings is 1. The van der Waals surface area contributed by atoms with Crippen molar-refractivity contribution < 1.29 is 27.4 Å². The van der Waals surface area contributed by atoms with Gasteiger partial charge in [0.05, 0.1) is 16.3 Å². The van der Waals surface area contributed by atoms with Crippen molar-refractivity contribution in [1.82, 2.24) is 9.78 Å². The van der Waals surface area contributed by atoms with Gasteiger partial charge in [0.15, 0.2) is 11.8 Å². The fraction of sp³-hybridized carbons (Fsp3) is 0.208. The van der Waals surface area contributed by atoms with Crippen molar-refractivity contribution in [2.24, 2.45) is 12.8 Å². The van der Waals surface area contributed by atoms with Gasteiger partial charge < -0.3 is 15.2 Å². The zero-order chi connectivity index (χ0) is 26.0. The molecule has 4 N–H and O–H groups in total. The Labute approximate surface area is 207 Å². The molecule has 0 saturated heterocycles. The molecular weight excluding hydrogens is 495 g/mol. The van der Waals surface area contributed by atoms with Crippen molar-refractivity contribution in [3.8, 4) is 5.75 Å². The first kappa shape index (κ1) is 25.0. The van der Waals surface area contributed by atoms with E-state index in [1.165, 1.54) is 18.3 Å². The van der Waals surface area contributed by atoms with Crippen molar-refractivity contribution >= 4 is 39.0 Å². The largest absolute Gasteiger partial charge is 0.481 e. The smallest absolute Gasteiger partial charge is 0.435 e. The number of carbonyl (C=O) groups excluding carboxylic acids is 1. The Kier molecular flexibility index (Phi) is 6.88. The number of ether oxygens (including phenoxy) is 2. The molecule has 0 fully saturated rings. The maximum Gasteiger partial charge on any atom is 0.435 e. The van der Waals surface area contributed by atoms with Crippen LogP contribution in [0.2, 0.25) is 0 Å². The van der Waals surface area contributed by atoms with Crippen LogP contribution in [0, 0.1) is 12.3 Å². The molecule has 36 heavy (non-hydrogen) atoms. The van der Waals surface area contributed by atoms with Crippen molar-refractivity contribution in [2.45, 2.75) is 19.2 Å². The first-order valence-corrected chi connectivity index (χ1v) is 11.5. The number of aromatic nitrogens is 2. The summed E-state index contributed by atoms with van der Waals surface area (Å²) in [7, 11) is 1.15. The predicted molar refractivity (Wildman–Crippen MR) is 131 cm³/mol. The normalized spacial score (nSPS) is 12.4. The van der Waals surface area contributed by atoms with Crippen LogP contribution in [-0.2, 0) is 18.0 Å². The lowest BCUT2D eigenvalue weighted by atomic mass is 10.1. The van der Waals surface area contributed by atoms with Crippen LogP contribution in [-0.4, -0.2) is 28.3 Å². The number of amidine groups is 1. The summed E-state index contributed by atoms with van der Waals surface area (Å²) in [5, 5.41) is 14.3. The molecule has 1 atom stereocenters. The van der Waals surface area contributed by atoms with Crippen molar-refractivity contribution in [3.05, 3.63) is 76.4 Å². The molecule has 0 spiro atoms. The van der Waals surface area contributed by atoms with E-state index in [4.69, 9.17) is 20.6 Å². The molecule has 2 aromatic carbocycles. The van der Waals surface area contributed by atoms with E-state index in [0.717, 1.165) is 17.1 Å². The Hall–Kier alpha value is -4.06. The number of aryl methyl sites for hydroxylation is 2. The molecule has 4 rings (SSSR count). The van der Waals surface area contributed by atoms with Crippen LogP contribution in [0.15, 0.2) is 54.6 Å². The van der Waals surface area contributed by atoms with E-state index in [9.17, 15) is 18.0 Å². The summed E-state index contributed by atoms with van der Waals surface area (Å²) in [5.74, 6) is 0.419. The Morgan fingerprint density at radius 3 is 2.61 bits per heavy atom. The average Bonchev–Trinajstić information content (AvgIpc) is 3.38. The molecule has 12 heteroatoms. The highest BCUT2D eigenvalue weighted by atomic mass is 32.1. The minimum Gasteiger partial charge on any atom is -0.481 e. The molecule has 2 heterocycles. The SMILES string of the molecule is Cc1nn(C)c(C(F)(F)F)c1NC(=O)OCC(Oc1cccc2sc(C(=N)N)cc12)c1ccccc1. The second-order valence-electron chi connectivity index (χ2n) is 7.86. The number of nitrogens with zero attached hydrogens (tertiary/aromatic N) is 2. The number of alkyl halides is 3. The molecule has 0 bridgehead atoms. The van der Waals surface area contributed by atoms with E-state index in [1.807, 2.05) is 12.1 Å². The summed E-state index contributed by atoms with van der Waals surface area (Å²) in [6, 6.07) is 16.1. The van der Waals surface area contributed by atoms with Crippen molar-refractivity contribution in [1.29, 1.82) is 5.41 Å². The number of hydrogen-bond donors (Lipinski definition) is 3. The van der Waals surface area contributed by atoms with Gasteiger partial charge in [0, 0.05) is 17.1 Å². The molecule has 0 aliphatic carbocycles. The van der Waals surface area contributed by atoms with Gasteiger partial charge in [-0.1, -0.05) is 36.4 Å². The van der Waals surface area contributed by atoms with Crippen LogP contribution < -0.4 is 15.8 Å². The van der Waals surface area contributed by atoms with E-state index in [1.54, 1.807) is 42.5 Å². The van der Waals surface area contributed by atoms with Gasteiger partial charge in [-0.15, -0.1) is 11.3 Å². The van der Waals surface area contributed by atoms with Gasteiger partial charge in [-0.3, -0.25) is 15.4 Å². The highest BCUT2D eigenvalue weighted by Crippen LogP contribution is 2.37. The fourth-order valence-corrected chi connectivity index (χ4v) is 4.65. The molecule has 188 valence electrons. The molecule has 1 unspecified atom stereocenters. The summed E-state index contributed by atoms with van der Waals surface area (Å²) >= 11 is 1.34. The number of benzene rings is 2. The zero-order valence-electron chi connectivity index (χ0n) is 19.2. The van der Waals surface area contributed by atoms with Crippen LogP contribution in [0.5, 0.6) is 5.75 Å². The quantitative estimate of drug-likeness (QED) is 0.218. The van der Waals surface area contributed by atoms with Crippen LogP contribution in [0.1, 0.15) is 27.9 Å². The molecule has 0 radical (unpaired) electrons. The number of nitrogen functional groups attached to an aromatic ring is 1. The lowest BCUT2D eigenvalue weighted by molar-refractivity contribution is -0.143. The molecule has 0 aliphatic heterocycles. The molecule has 8 nitrogen and oxygen atoms in total. The van der Waals surface area contributed by atoms with Gasteiger partial charge in [-0.25, -0.2) is 4.79 Å². The molecule has 1 amide bonds. The number of nitrogens with one attached hydrogen (secondary N) is 2. The second-order valence-corrected chi connectivity index (χ2v) is 8.95. The van der Waals surface area contributed by atoms with Crippen molar-refractivity contribution in [2.75, 3.05) is 11.9 Å². The summed E-state index contributed by atoms with van der Waals surface area (Å²) in [6.07, 6.45) is -6.55. The molecule has 2 aromatic heterocycles. The zero-order valence-corrected chi connectivity index (χ0v) is 20.0. The van der Waals surface area contributed by atoms with Gasteiger partial charge in [0.25, 0.3) is 0 Å². The van der Waals surface area contributed by atoms with Crippen LogP contribution >= 0.6 is 11.3 Å². The lowest BCUT2D eigenvalue weighted by Crippen LogP contribution is -2.23. The number of nitrogens with two attached hydrogens (primary N) is 1. The Bertz CT molecular complexity index is 1420. The van der Waals surface area contributed by atoms with Gasteiger partial charge in [-0.2, -0.15) is 18.3 Å². The topological polar surface area (TPSA) is 115 Å². The van der Waals surface area contributed by atoms with Crippen LogP contribution in [0.4, 0.5) is 23.7 Å². The third kappa shape index (κ3) is 5.28. The third-order valence-electron chi connectivity index (χ3n) is 5.31. The highest BCUT2D eigenvalue weighted by Gasteiger charge is 2.39. The van der Waals surface area contributed by atoms with Gasteiger partial charge in [0.2, 0.25) is 0 Å². The number of hydrogen-bond acceptors (Lipinski definition) is 6. The number of anilines is 1. The Balaban J connectivity index is 1.56. The average molecular weight is 518 g/mol. The summed E-state index contributed by atoms with van der Waals surface area (Å²) in [4.78, 5) is 13.1. The fourth-order valence-electron chi connectivity index (χ4n) is 3.71. The number of rotatable bonds is 7. The number of amides is 1. The highest BCUT2D eigenvalue weighted by molar-refractivity contribution is 7.20. The van der Waals surface area contributed by atoms with Crippen LogP contribution in [0.25, 0.3) is 10.1 Å². The minimum atomic E-state index is -4.72. The lowest BCUT2D eigenvalue weighted by Gasteiger charge is -2.20. The van der Waals surface area contributed by atoms with Gasteiger partial charge in [-0.05, 0) is 30.7 Å². The van der Waals surface area contributed by atoms with Crippen LogP contribution in [0.3, 0.4) is 0 Å². The maximum atomic E-state index is 13.4. The number of carbonyl (C=O) groups is 1. The van der Waals surface area contributed by atoms with Gasteiger partial charge >= 0.3 is 12.3 Å². The second kappa shape index (κ2) is 9.90. The predicted octanol–water partition coefficient (Wildman–Crippen LogP) is 5.61. The first-order valence-electron chi connectivity index (χ1n) is 10.7. The monoisotopic (exact) mass is 517 g/mol. The molecular formula is C24H22F3N5O3S. The standard InChI is InChI=1S/C24H22F3N5O3S/c1-13-20(21(24(25,26)27)32(2)31-13)30-23(33)34-12-17(14-7-4-3-5-8-14)35-16-9-6-10-18-15(16)11-19(36-18)22(28)29/h3-11,17H,12H2,1-2H3,(H3,28,29)(H,30,33). The molecule has 0 aliphatic rings. The molecule has 4 aromatic rings. The summed E-state index contributed by atoms with van der Waals surface area (Å²) in [5.41, 5.74) is 4.77. The first-order chi connectivity index (χ1) is 17.0. The number of halogens is 3. The summed E-state index contributed by atoms with van der Waals surface area (Å²) < 4.78 is 53.3. The number of fused-ring (bicyclic) bond motifs is 1. The maximum absolute atomic E-state index is 13.4. The Morgan fingerprint density at radius 1 is 1.22 bits per heavy atom. The van der Waals surface area contributed by atoms with E-state index in [0.29, 0.717) is 20.9 Å². The van der Waals surface area contributed by atoms with E-state index < -0.39 is 29.8 Å². The molecule has 0 saturated carbocycles. The van der Waals surface area contributed by atoms with E-state index in [2.05, 4.69) is 10.4 Å². The van der Waals surface area contributed by atoms with Gasteiger partial charge in [0.1, 0.15) is 18.2 Å². The van der Waals surface area contributed by atoms with E-state index in [-0.39, 0.29) is 18.1 Å².